The molecule has 0 spiro atoms. The lowest BCUT2D eigenvalue weighted by Gasteiger charge is -2.40. The number of rotatable bonds is 4. The van der Waals surface area contributed by atoms with Crippen LogP contribution in [0.1, 0.15) is 40.3 Å². The maximum absolute atomic E-state index is 13.3. The Morgan fingerprint density at radius 3 is 2.42 bits per heavy atom. The molecule has 33 heavy (non-hydrogen) atoms. The lowest BCUT2D eigenvalue weighted by atomic mass is 10.1. The lowest BCUT2D eigenvalue weighted by molar-refractivity contribution is -0.137. The third-order valence-electron chi connectivity index (χ3n) is 5.78. The molecule has 1 aliphatic heterocycles. The second-order valence-electron chi connectivity index (χ2n) is 8.43. The number of alkyl halides is 3. The minimum atomic E-state index is -4.45. The first-order valence-electron chi connectivity index (χ1n) is 10.5. The molecule has 4 rings (SSSR count). The average molecular weight is 459 g/mol. The van der Waals surface area contributed by atoms with Crippen LogP contribution >= 0.6 is 0 Å². The molecule has 6 nitrogen and oxygen atoms in total. The lowest BCUT2D eigenvalue weighted by Crippen LogP contribution is -2.55. The van der Waals surface area contributed by atoms with E-state index in [2.05, 4.69) is 6.58 Å². The summed E-state index contributed by atoms with van der Waals surface area (Å²) >= 11 is 0. The van der Waals surface area contributed by atoms with Crippen molar-refractivity contribution in [3.8, 4) is 0 Å². The molecule has 0 unspecified atom stereocenters. The molecule has 0 N–H and O–H groups in total. The van der Waals surface area contributed by atoms with Gasteiger partial charge in [-0.3, -0.25) is 9.59 Å². The van der Waals surface area contributed by atoms with Gasteiger partial charge in [-0.2, -0.15) is 13.2 Å². The summed E-state index contributed by atoms with van der Waals surface area (Å²) in [5.74, 6) is -0.525. The van der Waals surface area contributed by atoms with Crippen molar-refractivity contribution in [1.29, 1.82) is 0 Å². The zero-order valence-electron chi connectivity index (χ0n) is 18.4. The fraction of sp³-hybridized carbons (Fsp3) is 0.333. The molecule has 1 fully saturated rings. The molecule has 1 atom stereocenters. The zero-order valence-corrected chi connectivity index (χ0v) is 18.4. The summed E-state index contributed by atoms with van der Waals surface area (Å²) in [5, 5.41) is 0.823. The fourth-order valence-electron chi connectivity index (χ4n) is 4.15. The summed E-state index contributed by atoms with van der Waals surface area (Å²) in [6, 6.07) is 7.47. The molecule has 1 saturated heterocycles. The first kappa shape index (κ1) is 22.7. The van der Waals surface area contributed by atoms with Crippen molar-refractivity contribution in [2.24, 2.45) is 0 Å². The van der Waals surface area contributed by atoms with E-state index in [1.165, 1.54) is 12.1 Å². The van der Waals surface area contributed by atoms with Crippen molar-refractivity contribution in [3.63, 3.8) is 0 Å². The van der Waals surface area contributed by atoms with Gasteiger partial charge in [0.1, 0.15) is 5.69 Å². The van der Waals surface area contributed by atoms with Gasteiger partial charge < -0.3 is 18.8 Å². The largest absolute Gasteiger partial charge is 0.448 e. The van der Waals surface area contributed by atoms with Gasteiger partial charge >= 0.3 is 6.18 Å². The second kappa shape index (κ2) is 8.46. The SMILES string of the molecule is C=C(C)Cn1c(C(=O)N2CCN(C(=O)c3ccc(C(F)(F)F)cc3)[C@@H](C)C2)cc2ccoc21. The van der Waals surface area contributed by atoms with E-state index in [1.54, 1.807) is 32.8 Å². The maximum Gasteiger partial charge on any atom is 0.416 e. The van der Waals surface area contributed by atoms with Crippen LogP contribution in [0.3, 0.4) is 0 Å². The van der Waals surface area contributed by atoms with Crippen molar-refractivity contribution >= 4 is 22.9 Å². The smallest absolute Gasteiger partial charge is 0.416 e. The third kappa shape index (κ3) is 4.40. The van der Waals surface area contributed by atoms with Crippen LogP contribution in [0, 0.1) is 0 Å². The number of hydrogen-bond donors (Lipinski definition) is 0. The summed E-state index contributed by atoms with van der Waals surface area (Å²) in [5.41, 5.74) is 1.35. The molecule has 0 aliphatic carbocycles. The topological polar surface area (TPSA) is 58.7 Å². The van der Waals surface area contributed by atoms with Crippen LogP contribution in [-0.4, -0.2) is 51.9 Å². The van der Waals surface area contributed by atoms with E-state index in [9.17, 15) is 22.8 Å². The molecule has 0 bridgehead atoms. The van der Waals surface area contributed by atoms with Gasteiger partial charge in [-0.25, -0.2) is 0 Å². The molecule has 1 aliphatic rings. The van der Waals surface area contributed by atoms with Crippen molar-refractivity contribution in [2.45, 2.75) is 32.6 Å². The summed E-state index contributed by atoms with van der Waals surface area (Å²) < 4.78 is 45.7. The number of allylic oxidation sites excluding steroid dienone is 1. The Balaban J connectivity index is 1.49. The minimum Gasteiger partial charge on any atom is -0.448 e. The highest BCUT2D eigenvalue weighted by atomic mass is 19.4. The Morgan fingerprint density at radius 1 is 1.12 bits per heavy atom. The van der Waals surface area contributed by atoms with Gasteiger partial charge in [0.15, 0.2) is 0 Å². The number of carbonyl (C=O) groups excluding carboxylic acids is 2. The fourth-order valence-corrected chi connectivity index (χ4v) is 4.15. The van der Waals surface area contributed by atoms with E-state index in [0.717, 1.165) is 23.1 Å². The molecular formula is C24H24F3N3O3. The van der Waals surface area contributed by atoms with E-state index >= 15 is 0 Å². The van der Waals surface area contributed by atoms with E-state index < -0.39 is 11.7 Å². The van der Waals surface area contributed by atoms with E-state index in [4.69, 9.17) is 4.42 Å². The Morgan fingerprint density at radius 2 is 1.82 bits per heavy atom. The molecule has 3 aromatic rings. The van der Waals surface area contributed by atoms with Crippen LogP contribution in [0.5, 0.6) is 0 Å². The molecule has 1 aromatic carbocycles. The summed E-state index contributed by atoms with van der Waals surface area (Å²) in [6.07, 6.45) is -2.88. The molecule has 174 valence electrons. The Labute approximate surface area is 188 Å². The van der Waals surface area contributed by atoms with Crippen molar-refractivity contribution < 1.29 is 27.2 Å². The maximum atomic E-state index is 13.3. The third-order valence-corrected chi connectivity index (χ3v) is 5.78. The highest BCUT2D eigenvalue weighted by molar-refractivity contribution is 5.98. The van der Waals surface area contributed by atoms with Crippen LogP contribution < -0.4 is 0 Å². The molecule has 2 amide bonds. The number of furan rings is 1. The summed E-state index contributed by atoms with van der Waals surface area (Å²) in [4.78, 5) is 29.5. The number of nitrogens with zero attached hydrogens (tertiary/aromatic N) is 3. The number of amides is 2. The summed E-state index contributed by atoms with van der Waals surface area (Å²) in [6.45, 7) is 8.97. The van der Waals surface area contributed by atoms with Crippen molar-refractivity contribution in [3.05, 3.63) is 71.6 Å². The van der Waals surface area contributed by atoms with Gasteiger partial charge in [-0.15, -0.1) is 0 Å². The molecule has 0 radical (unpaired) electrons. The van der Waals surface area contributed by atoms with Crippen molar-refractivity contribution in [1.82, 2.24) is 14.4 Å². The van der Waals surface area contributed by atoms with E-state index in [-0.39, 0.29) is 30.0 Å². The van der Waals surface area contributed by atoms with Crippen LogP contribution in [0.15, 0.2) is 59.2 Å². The Bertz CT molecular complexity index is 1210. The van der Waals surface area contributed by atoms with Gasteiger partial charge in [0, 0.05) is 43.2 Å². The van der Waals surface area contributed by atoms with Crippen LogP contribution in [0.25, 0.3) is 11.1 Å². The Kier molecular flexibility index (Phi) is 5.82. The van der Waals surface area contributed by atoms with E-state index in [0.29, 0.717) is 31.0 Å². The first-order chi connectivity index (χ1) is 15.6. The normalized spacial score (nSPS) is 16.9. The number of piperazine rings is 1. The van der Waals surface area contributed by atoms with Crippen molar-refractivity contribution in [2.75, 3.05) is 19.6 Å². The molecular weight excluding hydrogens is 435 g/mol. The van der Waals surface area contributed by atoms with Gasteiger partial charge in [0.2, 0.25) is 5.71 Å². The number of halogens is 3. The highest BCUT2D eigenvalue weighted by Crippen LogP contribution is 2.29. The molecule has 9 heteroatoms. The predicted octanol–water partition coefficient (Wildman–Crippen LogP) is 4.82. The van der Waals surface area contributed by atoms with Gasteiger partial charge in [-0.05, 0) is 50.2 Å². The second-order valence-corrected chi connectivity index (χ2v) is 8.43. The number of aromatic nitrogens is 1. The summed E-state index contributed by atoms with van der Waals surface area (Å²) in [7, 11) is 0. The number of hydrogen-bond acceptors (Lipinski definition) is 3. The molecule has 0 saturated carbocycles. The van der Waals surface area contributed by atoms with E-state index in [1.807, 2.05) is 13.8 Å². The van der Waals surface area contributed by atoms with Gasteiger partial charge in [0.05, 0.1) is 11.8 Å². The molecule has 3 heterocycles. The average Bonchev–Trinajstić information content (AvgIpc) is 3.34. The predicted molar refractivity (Wildman–Crippen MR) is 117 cm³/mol. The Hall–Kier alpha value is -3.49. The highest BCUT2D eigenvalue weighted by Gasteiger charge is 2.33. The van der Waals surface area contributed by atoms with Crippen LogP contribution in [0.4, 0.5) is 13.2 Å². The number of carbonyl (C=O) groups is 2. The minimum absolute atomic E-state index is 0.170. The number of fused-ring (bicyclic) bond motifs is 1. The monoisotopic (exact) mass is 459 g/mol. The van der Waals surface area contributed by atoms with Crippen LogP contribution in [0.2, 0.25) is 0 Å². The van der Waals surface area contributed by atoms with Gasteiger partial charge in [-0.1, -0.05) is 12.2 Å². The zero-order chi connectivity index (χ0) is 23.9. The molecule has 2 aromatic heterocycles. The number of benzene rings is 1. The van der Waals surface area contributed by atoms with Crippen LogP contribution in [-0.2, 0) is 12.7 Å². The standard InChI is InChI=1S/C24H24F3N3O3/c1-15(2)13-30-20(12-18-8-11-33-23(18)30)22(32)28-9-10-29(16(3)14-28)21(31)17-4-6-19(7-5-17)24(25,26)27/h4-8,11-12,16H,1,9-10,13-14H2,2-3H3/t16-/m0/s1. The first-order valence-corrected chi connectivity index (χ1v) is 10.5. The van der Waals surface area contributed by atoms with Gasteiger partial charge in [0.25, 0.3) is 11.8 Å². The quantitative estimate of drug-likeness (QED) is 0.526.